The molecule has 2 amide bonds. The van der Waals surface area contributed by atoms with Crippen LogP contribution in [0.2, 0.25) is 0 Å². The Balaban J connectivity index is 1.51. The van der Waals surface area contributed by atoms with Crippen LogP contribution in [0.15, 0.2) is 30.3 Å². The van der Waals surface area contributed by atoms with Gasteiger partial charge in [-0.3, -0.25) is 9.59 Å². The van der Waals surface area contributed by atoms with E-state index in [1.165, 1.54) is 12.8 Å². The molecule has 3 heterocycles. The average molecular weight is 365 g/mol. The van der Waals surface area contributed by atoms with Gasteiger partial charge in [-0.2, -0.15) is 0 Å². The number of aromatic nitrogens is 2. The zero-order valence-electron chi connectivity index (χ0n) is 15.4. The number of amides is 2. The lowest BCUT2D eigenvalue weighted by molar-refractivity contribution is -0.120. The second kappa shape index (κ2) is 7.34. The van der Waals surface area contributed by atoms with Crippen LogP contribution in [0, 0.1) is 6.92 Å². The Hall–Kier alpha value is -2.96. The summed E-state index contributed by atoms with van der Waals surface area (Å²) in [4.78, 5) is 35.5. The molecule has 7 heteroatoms. The molecule has 2 aliphatic heterocycles. The quantitative estimate of drug-likeness (QED) is 0.861. The highest BCUT2D eigenvalue weighted by molar-refractivity contribution is 5.98. The molecule has 0 radical (unpaired) electrons. The largest absolute Gasteiger partial charge is 0.354 e. The van der Waals surface area contributed by atoms with Crippen molar-refractivity contribution >= 4 is 17.8 Å². The number of benzene rings is 1. The number of hydrogen-bond acceptors (Lipinski definition) is 5. The van der Waals surface area contributed by atoms with Crippen molar-refractivity contribution in [1.82, 2.24) is 20.6 Å². The standard InChI is InChI=1S/C20H23N5O2/c1-13-12-17(24-20(22-13)25-10-2-3-11-25)14-4-6-15(7-5-14)18(26)23-16-8-9-21-19(16)27/h4-7,12,16H,2-3,8-11H2,1H3,(H,21,27)(H,23,26)/t16-/m1/s1. The lowest BCUT2D eigenvalue weighted by atomic mass is 10.1. The van der Waals surface area contributed by atoms with Crippen molar-refractivity contribution in [2.45, 2.75) is 32.2 Å². The molecule has 1 aromatic carbocycles. The highest BCUT2D eigenvalue weighted by atomic mass is 16.2. The van der Waals surface area contributed by atoms with Gasteiger partial charge in [0.25, 0.3) is 5.91 Å². The molecule has 0 unspecified atom stereocenters. The van der Waals surface area contributed by atoms with Crippen LogP contribution in [0.4, 0.5) is 5.95 Å². The molecule has 0 aliphatic carbocycles. The van der Waals surface area contributed by atoms with Gasteiger partial charge in [0.15, 0.2) is 0 Å². The van der Waals surface area contributed by atoms with Crippen molar-refractivity contribution < 1.29 is 9.59 Å². The first-order valence-electron chi connectivity index (χ1n) is 9.40. The SMILES string of the molecule is Cc1cc(-c2ccc(C(=O)N[C@@H]3CCNC3=O)cc2)nc(N2CCCC2)n1. The lowest BCUT2D eigenvalue weighted by Crippen LogP contribution is -2.40. The smallest absolute Gasteiger partial charge is 0.251 e. The molecule has 0 spiro atoms. The Labute approximate surface area is 158 Å². The Morgan fingerprint density at radius 3 is 2.59 bits per heavy atom. The van der Waals surface area contributed by atoms with Crippen LogP contribution in [0.1, 0.15) is 35.3 Å². The fourth-order valence-electron chi connectivity index (χ4n) is 3.52. The van der Waals surface area contributed by atoms with Crippen molar-refractivity contribution in [3.63, 3.8) is 0 Å². The third kappa shape index (κ3) is 3.77. The molecule has 1 atom stereocenters. The number of hydrogen-bond donors (Lipinski definition) is 2. The van der Waals surface area contributed by atoms with E-state index in [0.29, 0.717) is 18.5 Å². The van der Waals surface area contributed by atoms with Gasteiger partial charge in [0.05, 0.1) is 5.69 Å². The monoisotopic (exact) mass is 365 g/mol. The number of nitrogens with one attached hydrogen (secondary N) is 2. The van der Waals surface area contributed by atoms with Gasteiger partial charge in [0.1, 0.15) is 6.04 Å². The summed E-state index contributed by atoms with van der Waals surface area (Å²) >= 11 is 0. The van der Waals surface area contributed by atoms with Crippen molar-refractivity contribution in [3.8, 4) is 11.3 Å². The second-order valence-electron chi connectivity index (χ2n) is 7.07. The van der Waals surface area contributed by atoms with Gasteiger partial charge >= 0.3 is 0 Å². The van der Waals surface area contributed by atoms with E-state index in [9.17, 15) is 9.59 Å². The van der Waals surface area contributed by atoms with Crippen LogP contribution in [-0.2, 0) is 4.79 Å². The van der Waals surface area contributed by atoms with E-state index in [4.69, 9.17) is 4.98 Å². The molecule has 2 fully saturated rings. The van der Waals surface area contributed by atoms with Crippen LogP contribution >= 0.6 is 0 Å². The Morgan fingerprint density at radius 1 is 1.19 bits per heavy atom. The minimum atomic E-state index is -0.440. The van der Waals surface area contributed by atoms with E-state index in [2.05, 4.69) is 20.5 Å². The van der Waals surface area contributed by atoms with E-state index in [0.717, 1.165) is 36.0 Å². The van der Waals surface area contributed by atoms with Crippen LogP contribution in [-0.4, -0.2) is 47.5 Å². The van der Waals surface area contributed by atoms with Crippen molar-refractivity contribution in [3.05, 3.63) is 41.6 Å². The molecule has 27 heavy (non-hydrogen) atoms. The maximum Gasteiger partial charge on any atom is 0.251 e. The van der Waals surface area contributed by atoms with Gasteiger partial charge in [0, 0.05) is 36.5 Å². The van der Waals surface area contributed by atoms with Gasteiger partial charge in [0.2, 0.25) is 11.9 Å². The van der Waals surface area contributed by atoms with Crippen molar-refractivity contribution in [2.75, 3.05) is 24.5 Å². The summed E-state index contributed by atoms with van der Waals surface area (Å²) in [6, 6.07) is 8.83. The summed E-state index contributed by atoms with van der Waals surface area (Å²) < 4.78 is 0. The summed E-state index contributed by atoms with van der Waals surface area (Å²) in [5.41, 5.74) is 3.25. The maximum absolute atomic E-state index is 12.4. The molecule has 2 aliphatic rings. The van der Waals surface area contributed by atoms with E-state index in [-0.39, 0.29) is 11.8 Å². The van der Waals surface area contributed by atoms with Crippen LogP contribution in [0.5, 0.6) is 0 Å². The fraction of sp³-hybridized carbons (Fsp3) is 0.400. The zero-order valence-corrected chi connectivity index (χ0v) is 15.4. The van der Waals surface area contributed by atoms with Crippen LogP contribution in [0.25, 0.3) is 11.3 Å². The number of carbonyl (C=O) groups excluding carboxylic acids is 2. The summed E-state index contributed by atoms with van der Waals surface area (Å²) in [6.07, 6.45) is 2.98. The van der Waals surface area contributed by atoms with Crippen molar-refractivity contribution in [2.24, 2.45) is 0 Å². The summed E-state index contributed by atoms with van der Waals surface area (Å²) in [6.45, 7) is 4.57. The van der Waals surface area contributed by atoms with E-state index in [1.54, 1.807) is 12.1 Å². The molecular weight excluding hydrogens is 342 g/mol. The molecule has 2 N–H and O–H groups in total. The Morgan fingerprint density at radius 2 is 1.93 bits per heavy atom. The molecule has 7 nitrogen and oxygen atoms in total. The minimum absolute atomic E-state index is 0.120. The summed E-state index contributed by atoms with van der Waals surface area (Å²) in [7, 11) is 0. The van der Waals surface area contributed by atoms with E-state index in [1.807, 2.05) is 25.1 Å². The average Bonchev–Trinajstić information content (AvgIpc) is 3.34. The molecular formula is C20H23N5O2. The topological polar surface area (TPSA) is 87.2 Å². The number of anilines is 1. The highest BCUT2D eigenvalue weighted by Crippen LogP contribution is 2.23. The van der Waals surface area contributed by atoms with Gasteiger partial charge in [-0.15, -0.1) is 0 Å². The molecule has 2 aromatic rings. The van der Waals surface area contributed by atoms with Crippen LogP contribution < -0.4 is 15.5 Å². The molecule has 2 saturated heterocycles. The van der Waals surface area contributed by atoms with E-state index >= 15 is 0 Å². The molecule has 140 valence electrons. The maximum atomic E-state index is 12.4. The summed E-state index contributed by atoms with van der Waals surface area (Å²) in [5.74, 6) is 0.419. The predicted molar refractivity (Wildman–Crippen MR) is 103 cm³/mol. The number of aryl methyl sites for hydroxylation is 1. The minimum Gasteiger partial charge on any atom is -0.354 e. The molecule has 1 aromatic heterocycles. The first-order chi connectivity index (χ1) is 13.1. The van der Waals surface area contributed by atoms with Crippen LogP contribution in [0.3, 0.4) is 0 Å². The highest BCUT2D eigenvalue weighted by Gasteiger charge is 2.25. The third-order valence-electron chi connectivity index (χ3n) is 5.03. The third-order valence-corrected chi connectivity index (χ3v) is 5.03. The Bertz CT molecular complexity index is 859. The number of nitrogens with zero attached hydrogens (tertiary/aromatic N) is 3. The normalized spacial score (nSPS) is 19.2. The van der Waals surface area contributed by atoms with Gasteiger partial charge in [-0.1, -0.05) is 12.1 Å². The number of rotatable bonds is 4. The first-order valence-corrected chi connectivity index (χ1v) is 9.40. The van der Waals surface area contributed by atoms with Gasteiger partial charge in [-0.05, 0) is 44.4 Å². The molecule has 0 bridgehead atoms. The van der Waals surface area contributed by atoms with Gasteiger partial charge < -0.3 is 15.5 Å². The lowest BCUT2D eigenvalue weighted by Gasteiger charge is -2.16. The molecule has 0 saturated carbocycles. The fourth-order valence-corrected chi connectivity index (χ4v) is 3.52. The number of carbonyl (C=O) groups is 2. The molecule has 4 rings (SSSR count). The Kier molecular flexibility index (Phi) is 4.75. The first kappa shape index (κ1) is 17.5. The second-order valence-corrected chi connectivity index (χ2v) is 7.07. The van der Waals surface area contributed by atoms with E-state index < -0.39 is 6.04 Å². The van der Waals surface area contributed by atoms with Gasteiger partial charge in [-0.25, -0.2) is 9.97 Å². The predicted octanol–water partition coefficient (Wildman–Crippen LogP) is 1.67. The summed E-state index contributed by atoms with van der Waals surface area (Å²) in [5, 5.41) is 5.50. The van der Waals surface area contributed by atoms with Crippen molar-refractivity contribution in [1.29, 1.82) is 0 Å². The zero-order chi connectivity index (χ0) is 18.8.